The molecule has 37 heavy (non-hydrogen) atoms. The highest BCUT2D eigenvalue weighted by Crippen LogP contribution is 2.27. The average Bonchev–Trinajstić information content (AvgIpc) is 3.43. The van der Waals surface area contributed by atoms with E-state index in [1.54, 1.807) is 61.7 Å². The number of carboxylic acid groups (broad SMARTS) is 1. The van der Waals surface area contributed by atoms with Gasteiger partial charge in [-0.2, -0.15) is 0 Å². The van der Waals surface area contributed by atoms with Gasteiger partial charge in [-0.3, -0.25) is 5.32 Å². The van der Waals surface area contributed by atoms with Crippen molar-refractivity contribution in [2.24, 2.45) is 5.92 Å². The maximum Gasteiger partial charge on any atom is 0.326 e. The molecule has 1 aromatic carbocycles. The van der Waals surface area contributed by atoms with Crippen LogP contribution in [0.4, 0.5) is 5.82 Å². The van der Waals surface area contributed by atoms with E-state index in [0.717, 1.165) is 16.1 Å². The fraction of sp³-hybridized carbons (Fsp3) is 0.231. The largest absolute Gasteiger partial charge is 0.480 e. The van der Waals surface area contributed by atoms with E-state index in [0.29, 0.717) is 0 Å². The molecule has 0 fully saturated rings. The molecule has 2 atom stereocenters. The second-order valence-electron chi connectivity index (χ2n) is 8.66. The van der Waals surface area contributed by atoms with Crippen molar-refractivity contribution in [3.63, 3.8) is 0 Å². The van der Waals surface area contributed by atoms with E-state index in [2.05, 4.69) is 25.6 Å². The van der Waals surface area contributed by atoms with Gasteiger partial charge in [0.1, 0.15) is 16.9 Å². The number of nitrogens with zero attached hydrogens (tertiary/aromatic N) is 3. The van der Waals surface area contributed by atoms with Crippen LogP contribution in [0, 0.1) is 5.92 Å². The van der Waals surface area contributed by atoms with Gasteiger partial charge in [0.15, 0.2) is 10.4 Å². The molecule has 0 aliphatic carbocycles. The number of rotatable bonds is 11. The van der Waals surface area contributed by atoms with Crippen LogP contribution >= 0.6 is 11.3 Å². The number of sulfone groups is 1. The van der Waals surface area contributed by atoms with E-state index in [1.165, 1.54) is 12.3 Å². The minimum absolute atomic E-state index is 0.0858. The third kappa shape index (κ3) is 6.37. The van der Waals surface area contributed by atoms with Crippen molar-refractivity contribution < 1.29 is 18.3 Å². The third-order valence-corrected chi connectivity index (χ3v) is 8.32. The SMILES string of the molecule is CC(C)C(Nc1cccc(C(NCc2ccc(-c3nccs3)cc2)S(=O)(=O)c2ccccn2)n1)C(=O)O. The van der Waals surface area contributed by atoms with Crippen molar-refractivity contribution >= 4 is 33.0 Å². The molecule has 0 radical (unpaired) electrons. The first kappa shape index (κ1) is 26.4. The summed E-state index contributed by atoms with van der Waals surface area (Å²) < 4.78 is 27.3. The van der Waals surface area contributed by atoms with Crippen LogP contribution in [0.1, 0.15) is 30.5 Å². The fourth-order valence-electron chi connectivity index (χ4n) is 3.70. The van der Waals surface area contributed by atoms with Crippen molar-refractivity contribution in [1.29, 1.82) is 0 Å². The number of aliphatic carboxylic acids is 1. The Morgan fingerprint density at radius 2 is 1.78 bits per heavy atom. The number of hydrogen-bond donors (Lipinski definition) is 3. The molecular weight excluding hydrogens is 510 g/mol. The van der Waals surface area contributed by atoms with Crippen LogP contribution in [-0.4, -0.2) is 40.5 Å². The molecule has 2 unspecified atom stereocenters. The van der Waals surface area contributed by atoms with Crippen LogP contribution in [0.3, 0.4) is 0 Å². The zero-order chi connectivity index (χ0) is 26.4. The van der Waals surface area contributed by atoms with Gasteiger partial charge in [0.25, 0.3) is 0 Å². The van der Waals surface area contributed by atoms with Gasteiger partial charge in [0.05, 0.1) is 5.69 Å². The van der Waals surface area contributed by atoms with E-state index >= 15 is 0 Å². The van der Waals surface area contributed by atoms with E-state index in [-0.39, 0.29) is 29.0 Å². The average molecular weight is 538 g/mol. The minimum Gasteiger partial charge on any atom is -0.480 e. The Morgan fingerprint density at radius 3 is 2.41 bits per heavy atom. The molecule has 9 nitrogen and oxygen atoms in total. The summed E-state index contributed by atoms with van der Waals surface area (Å²) in [6.07, 6.45) is 3.17. The Hall–Kier alpha value is -3.67. The molecule has 0 saturated carbocycles. The Morgan fingerprint density at radius 1 is 1.00 bits per heavy atom. The number of nitrogens with one attached hydrogen (secondary N) is 2. The fourth-order valence-corrected chi connectivity index (χ4v) is 5.82. The van der Waals surface area contributed by atoms with E-state index < -0.39 is 27.2 Å². The molecule has 3 heterocycles. The number of benzene rings is 1. The first-order valence-corrected chi connectivity index (χ1v) is 14.0. The lowest BCUT2D eigenvalue weighted by Crippen LogP contribution is -2.35. The Labute approximate surface area is 219 Å². The zero-order valence-corrected chi connectivity index (χ0v) is 21.9. The summed E-state index contributed by atoms with van der Waals surface area (Å²) in [5, 5.41) is 17.1. The first-order valence-electron chi connectivity index (χ1n) is 11.6. The van der Waals surface area contributed by atoms with Crippen molar-refractivity contribution in [1.82, 2.24) is 20.3 Å². The topological polar surface area (TPSA) is 134 Å². The predicted octanol–water partition coefficient (Wildman–Crippen LogP) is 4.38. The Bertz CT molecular complexity index is 1430. The van der Waals surface area contributed by atoms with Crippen molar-refractivity contribution in [2.75, 3.05) is 5.32 Å². The molecule has 4 aromatic rings. The lowest BCUT2D eigenvalue weighted by Gasteiger charge is -2.21. The Kier molecular flexibility index (Phi) is 8.27. The molecule has 0 amide bonds. The molecule has 0 aliphatic heterocycles. The standard InChI is InChI=1S/C26H27N5O4S2/c1-17(2)23(26(32)33)31-21-7-5-6-20(30-21)25(37(34,35)22-8-3-4-13-27-22)29-16-18-9-11-19(12-10-18)24-28-14-15-36-24/h3-15,17,23,25,29H,16H2,1-2H3,(H,30,31)(H,32,33). The molecule has 3 aromatic heterocycles. The maximum atomic E-state index is 13.6. The van der Waals surface area contributed by atoms with Gasteiger partial charge < -0.3 is 10.4 Å². The highest BCUT2D eigenvalue weighted by molar-refractivity contribution is 7.91. The number of carbonyl (C=O) groups is 1. The number of pyridine rings is 2. The molecule has 4 rings (SSSR count). The summed E-state index contributed by atoms with van der Waals surface area (Å²) in [5.74, 6) is -0.949. The second-order valence-corrected chi connectivity index (χ2v) is 11.5. The summed E-state index contributed by atoms with van der Waals surface area (Å²) in [6.45, 7) is 3.81. The van der Waals surface area contributed by atoms with Gasteiger partial charge in [0.2, 0.25) is 9.84 Å². The normalized spacial score (nSPS) is 13.3. The van der Waals surface area contributed by atoms with Gasteiger partial charge >= 0.3 is 5.97 Å². The summed E-state index contributed by atoms with van der Waals surface area (Å²) in [7, 11) is -3.98. The predicted molar refractivity (Wildman–Crippen MR) is 143 cm³/mol. The molecule has 0 spiro atoms. The van der Waals surface area contributed by atoms with E-state index in [9.17, 15) is 18.3 Å². The van der Waals surface area contributed by atoms with Crippen LogP contribution in [0.15, 0.2) is 83.5 Å². The highest BCUT2D eigenvalue weighted by atomic mass is 32.2. The number of aromatic nitrogens is 3. The molecular formula is C26H27N5O4S2. The van der Waals surface area contributed by atoms with Gasteiger partial charge in [0, 0.05) is 29.9 Å². The maximum absolute atomic E-state index is 13.6. The van der Waals surface area contributed by atoms with E-state index in [1.807, 2.05) is 29.6 Å². The molecule has 3 N–H and O–H groups in total. The van der Waals surface area contributed by atoms with Crippen LogP contribution in [0.25, 0.3) is 10.6 Å². The molecule has 0 bridgehead atoms. The van der Waals surface area contributed by atoms with Crippen LogP contribution < -0.4 is 10.6 Å². The van der Waals surface area contributed by atoms with Crippen molar-refractivity contribution in [3.8, 4) is 10.6 Å². The smallest absolute Gasteiger partial charge is 0.326 e. The zero-order valence-electron chi connectivity index (χ0n) is 20.3. The third-order valence-electron chi connectivity index (χ3n) is 5.64. The van der Waals surface area contributed by atoms with Gasteiger partial charge in [-0.05, 0) is 35.7 Å². The van der Waals surface area contributed by atoms with Crippen LogP contribution in [0.5, 0.6) is 0 Å². The second kappa shape index (κ2) is 11.6. The number of hydrogen-bond acceptors (Lipinski definition) is 9. The lowest BCUT2D eigenvalue weighted by atomic mass is 10.1. The molecule has 11 heteroatoms. The lowest BCUT2D eigenvalue weighted by molar-refractivity contribution is -0.138. The van der Waals surface area contributed by atoms with E-state index in [4.69, 9.17) is 0 Å². The summed E-state index contributed by atoms with van der Waals surface area (Å²) in [4.78, 5) is 24.5. The quantitative estimate of drug-likeness (QED) is 0.255. The summed E-state index contributed by atoms with van der Waals surface area (Å²) in [6, 6.07) is 16.4. The summed E-state index contributed by atoms with van der Waals surface area (Å²) in [5.41, 5.74) is 2.08. The molecule has 0 aliphatic rings. The van der Waals surface area contributed by atoms with Gasteiger partial charge in [-0.25, -0.2) is 28.2 Å². The van der Waals surface area contributed by atoms with Crippen LogP contribution in [0.2, 0.25) is 0 Å². The Balaban J connectivity index is 1.63. The highest BCUT2D eigenvalue weighted by Gasteiger charge is 2.32. The van der Waals surface area contributed by atoms with Gasteiger partial charge in [-0.1, -0.05) is 50.2 Å². The van der Waals surface area contributed by atoms with Gasteiger partial charge in [-0.15, -0.1) is 11.3 Å². The minimum atomic E-state index is -3.98. The number of anilines is 1. The molecule has 0 saturated heterocycles. The number of thiazole rings is 1. The number of carboxylic acids is 1. The van der Waals surface area contributed by atoms with Crippen molar-refractivity contribution in [2.45, 2.75) is 36.8 Å². The van der Waals surface area contributed by atoms with Crippen LogP contribution in [-0.2, 0) is 21.2 Å². The monoisotopic (exact) mass is 537 g/mol. The first-order chi connectivity index (χ1) is 17.8. The summed E-state index contributed by atoms with van der Waals surface area (Å²) >= 11 is 1.54. The van der Waals surface area contributed by atoms with Crippen molar-refractivity contribution in [3.05, 3.63) is 89.7 Å². The molecule has 192 valence electrons.